The van der Waals surface area contributed by atoms with Gasteiger partial charge in [0.2, 0.25) is 0 Å². The summed E-state index contributed by atoms with van der Waals surface area (Å²) < 4.78 is 44.6. The van der Waals surface area contributed by atoms with Crippen molar-refractivity contribution in [2.75, 3.05) is 0 Å². The normalized spacial score (nSPS) is 10.8. The third-order valence-electron chi connectivity index (χ3n) is 3.02. The minimum absolute atomic E-state index is 0.0860. The quantitative estimate of drug-likeness (QED) is 0.556. The number of hydrogen-bond donors (Lipinski definition) is 0. The highest BCUT2D eigenvalue weighted by molar-refractivity contribution is 5.47. The highest BCUT2D eigenvalue weighted by atomic mass is 19.4. The largest absolute Gasteiger partial charge is 0.457 e. The number of rotatable bonds is 4. The Kier molecular flexibility index (Phi) is 4.57. The van der Waals surface area contributed by atoms with E-state index in [4.69, 9.17) is 11.2 Å². The molecule has 2 rings (SSSR count). The Balaban J connectivity index is 2.39. The van der Waals surface area contributed by atoms with Gasteiger partial charge in [-0.1, -0.05) is 30.2 Å². The van der Waals surface area contributed by atoms with Crippen molar-refractivity contribution in [1.29, 1.82) is 0 Å². The van der Waals surface area contributed by atoms with E-state index in [1.54, 1.807) is 18.2 Å². The Hall–Kier alpha value is -2.67. The molecule has 0 spiro atoms. The van der Waals surface area contributed by atoms with Crippen molar-refractivity contribution in [3.05, 3.63) is 71.8 Å². The molecule has 0 N–H and O–H groups in total. The molecule has 0 unspecified atom stereocenters. The summed E-state index contributed by atoms with van der Waals surface area (Å²) in [5.74, 6) is 2.61. The molecular weight excluding hydrogens is 289 g/mol. The second-order valence-corrected chi connectivity index (χ2v) is 4.55. The first-order valence-corrected chi connectivity index (χ1v) is 6.50. The topological polar surface area (TPSA) is 9.23 Å². The van der Waals surface area contributed by atoms with Gasteiger partial charge in [-0.25, -0.2) is 0 Å². The van der Waals surface area contributed by atoms with Crippen LogP contribution in [0.4, 0.5) is 13.2 Å². The molecule has 0 aliphatic rings. The van der Waals surface area contributed by atoms with Crippen molar-refractivity contribution in [2.45, 2.75) is 12.6 Å². The van der Waals surface area contributed by atoms with Gasteiger partial charge in [0.05, 0.1) is 5.56 Å². The maximum absolute atomic E-state index is 13.0. The van der Waals surface area contributed by atoms with Gasteiger partial charge in [0.15, 0.2) is 0 Å². The monoisotopic (exact) mass is 302 g/mol. The lowest BCUT2D eigenvalue weighted by atomic mass is 10.1. The van der Waals surface area contributed by atoms with Crippen LogP contribution in [0.3, 0.4) is 0 Å². The van der Waals surface area contributed by atoms with Crippen molar-refractivity contribution in [2.24, 2.45) is 0 Å². The molecule has 0 bridgehead atoms. The maximum Gasteiger partial charge on any atom is 0.417 e. The zero-order valence-corrected chi connectivity index (χ0v) is 11.7. The molecule has 1 nitrogen and oxygen atoms in total. The van der Waals surface area contributed by atoms with E-state index in [2.05, 4.69) is 6.58 Å². The molecule has 0 aliphatic carbocycles. The second-order valence-electron chi connectivity index (χ2n) is 4.55. The number of benzene rings is 2. The van der Waals surface area contributed by atoms with E-state index in [9.17, 15) is 13.2 Å². The van der Waals surface area contributed by atoms with E-state index in [1.165, 1.54) is 12.1 Å². The highest BCUT2D eigenvalue weighted by Gasteiger charge is 2.33. The SMILES string of the molecule is C#Cc1ccc(Oc2ccccc2CC=C)cc1C(F)(F)F. The van der Waals surface area contributed by atoms with Crippen LogP contribution >= 0.6 is 0 Å². The van der Waals surface area contributed by atoms with Crippen molar-refractivity contribution >= 4 is 0 Å². The van der Waals surface area contributed by atoms with Gasteiger partial charge in [-0.3, -0.25) is 0 Å². The summed E-state index contributed by atoms with van der Waals surface area (Å²) in [4.78, 5) is 0. The average molecular weight is 302 g/mol. The highest BCUT2D eigenvalue weighted by Crippen LogP contribution is 2.35. The van der Waals surface area contributed by atoms with Crippen LogP contribution in [-0.2, 0) is 12.6 Å². The minimum atomic E-state index is -4.53. The standard InChI is InChI=1S/C18H13F3O/c1-3-7-14-8-5-6-9-17(14)22-15-11-10-13(4-2)16(12-15)18(19,20)21/h2-3,5-6,8-12H,1,7H2. The van der Waals surface area contributed by atoms with Gasteiger partial charge in [0, 0.05) is 5.56 Å². The molecule has 0 heterocycles. The molecule has 22 heavy (non-hydrogen) atoms. The van der Waals surface area contributed by atoms with Gasteiger partial charge < -0.3 is 4.74 Å². The number of ether oxygens (including phenoxy) is 1. The summed E-state index contributed by atoms with van der Waals surface area (Å²) in [6, 6.07) is 10.7. The lowest BCUT2D eigenvalue weighted by molar-refractivity contribution is -0.137. The van der Waals surface area contributed by atoms with Crippen molar-refractivity contribution in [3.63, 3.8) is 0 Å². The number of alkyl halides is 3. The fraction of sp³-hybridized carbons (Fsp3) is 0.111. The van der Waals surface area contributed by atoms with Crippen LogP contribution in [-0.4, -0.2) is 0 Å². The summed E-state index contributed by atoms with van der Waals surface area (Å²) in [5, 5.41) is 0. The van der Waals surface area contributed by atoms with Crippen LogP contribution in [0, 0.1) is 12.3 Å². The van der Waals surface area contributed by atoms with Gasteiger partial charge in [0.1, 0.15) is 11.5 Å². The molecule has 4 heteroatoms. The first-order chi connectivity index (χ1) is 10.5. The number of terminal acetylenes is 1. The van der Waals surface area contributed by atoms with Crippen LogP contribution in [0.2, 0.25) is 0 Å². The second kappa shape index (κ2) is 6.40. The van der Waals surface area contributed by atoms with E-state index < -0.39 is 11.7 Å². The van der Waals surface area contributed by atoms with Gasteiger partial charge in [-0.2, -0.15) is 13.2 Å². The molecule has 0 saturated carbocycles. The molecule has 0 atom stereocenters. The van der Waals surface area contributed by atoms with Crippen LogP contribution in [0.15, 0.2) is 55.1 Å². The van der Waals surface area contributed by atoms with Gasteiger partial charge in [0.25, 0.3) is 0 Å². The third-order valence-corrected chi connectivity index (χ3v) is 3.02. The zero-order chi connectivity index (χ0) is 16.2. The predicted octanol–water partition coefficient (Wildman–Crippen LogP) is 5.21. The van der Waals surface area contributed by atoms with E-state index in [1.807, 2.05) is 18.1 Å². The average Bonchev–Trinajstić information content (AvgIpc) is 2.48. The summed E-state index contributed by atoms with van der Waals surface area (Å²) in [5.41, 5.74) is -0.250. The first-order valence-electron chi connectivity index (χ1n) is 6.50. The zero-order valence-electron chi connectivity index (χ0n) is 11.7. The molecule has 112 valence electrons. The van der Waals surface area contributed by atoms with Crippen LogP contribution in [0.1, 0.15) is 16.7 Å². The Labute approximate surface area is 127 Å². The molecule has 0 aliphatic heterocycles. The summed E-state index contributed by atoms with van der Waals surface area (Å²) in [6.45, 7) is 3.65. The molecule has 0 saturated heterocycles. The molecule has 0 radical (unpaired) electrons. The van der Waals surface area contributed by atoms with E-state index in [-0.39, 0.29) is 11.3 Å². The molecule has 0 fully saturated rings. The smallest absolute Gasteiger partial charge is 0.417 e. The molecule has 2 aromatic rings. The Morgan fingerprint density at radius 2 is 1.91 bits per heavy atom. The Morgan fingerprint density at radius 1 is 1.18 bits per heavy atom. The third kappa shape index (κ3) is 3.50. The number of allylic oxidation sites excluding steroid dienone is 1. The van der Waals surface area contributed by atoms with Crippen molar-refractivity contribution in [3.8, 4) is 23.8 Å². The minimum Gasteiger partial charge on any atom is -0.457 e. The van der Waals surface area contributed by atoms with Crippen LogP contribution in [0.25, 0.3) is 0 Å². The number of hydrogen-bond acceptors (Lipinski definition) is 1. The fourth-order valence-corrected chi connectivity index (χ4v) is 2.00. The number of halogens is 3. The molecule has 2 aromatic carbocycles. The van der Waals surface area contributed by atoms with Crippen molar-refractivity contribution < 1.29 is 17.9 Å². The van der Waals surface area contributed by atoms with Crippen LogP contribution < -0.4 is 4.74 Å². The lowest BCUT2D eigenvalue weighted by Gasteiger charge is -2.14. The Morgan fingerprint density at radius 3 is 2.55 bits per heavy atom. The van der Waals surface area contributed by atoms with Crippen molar-refractivity contribution in [1.82, 2.24) is 0 Å². The molecule has 0 aromatic heterocycles. The molecular formula is C18H13F3O. The van der Waals surface area contributed by atoms with E-state index in [0.29, 0.717) is 12.2 Å². The predicted molar refractivity (Wildman–Crippen MR) is 79.8 cm³/mol. The first kappa shape index (κ1) is 15.7. The van der Waals surface area contributed by atoms with Crippen LogP contribution in [0.5, 0.6) is 11.5 Å². The summed E-state index contributed by atoms with van der Waals surface area (Å²) in [6.07, 6.45) is 2.85. The Bertz CT molecular complexity index is 724. The summed E-state index contributed by atoms with van der Waals surface area (Å²) in [7, 11) is 0. The molecule has 0 amide bonds. The van der Waals surface area contributed by atoms with Gasteiger partial charge in [-0.15, -0.1) is 13.0 Å². The maximum atomic E-state index is 13.0. The number of para-hydroxylation sites is 1. The fourth-order valence-electron chi connectivity index (χ4n) is 2.00. The van der Waals surface area contributed by atoms with E-state index >= 15 is 0 Å². The van der Waals surface area contributed by atoms with Gasteiger partial charge in [-0.05, 0) is 36.2 Å². The van der Waals surface area contributed by atoms with Gasteiger partial charge >= 0.3 is 6.18 Å². The summed E-state index contributed by atoms with van der Waals surface area (Å²) >= 11 is 0. The van der Waals surface area contributed by atoms with E-state index in [0.717, 1.165) is 11.6 Å². The lowest BCUT2D eigenvalue weighted by Crippen LogP contribution is -2.08.